The van der Waals surface area contributed by atoms with Crippen molar-refractivity contribution in [3.05, 3.63) is 60.8 Å². The van der Waals surface area contributed by atoms with Gasteiger partial charge in [-0.1, -0.05) is 35.1 Å². The molecule has 0 saturated carbocycles. The van der Waals surface area contributed by atoms with E-state index in [1.54, 1.807) is 18.3 Å². The molecule has 1 aromatic carbocycles. The molecule has 0 aliphatic rings. The van der Waals surface area contributed by atoms with Crippen molar-refractivity contribution in [2.24, 2.45) is 0 Å². The quantitative estimate of drug-likeness (QED) is 0.473. The van der Waals surface area contributed by atoms with Crippen LogP contribution in [0, 0.1) is 0 Å². The predicted molar refractivity (Wildman–Crippen MR) is 93.5 cm³/mol. The van der Waals surface area contributed by atoms with Gasteiger partial charge in [0.05, 0.1) is 5.56 Å². The zero-order valence-electron chi connectivity index (χ0n) is 13.2. The lowest BCUT2D eigenvalue weighted by Crippen LogP contribution is -1.92. The molecule has 0 saturated heterocycles. The summed E-state index contributed by atoms with van der Waals surface area (Å²) < 4.78 is 16.8. The first-order chi connectivity index (χ1) is 12.3. The molecule has 0 radical (unpaired) electrons. The average molecular weight is 351 g/mol. The van der Waals surface area contributed by atoms with E-state index in [1.807, 2.05) is 48.7 Å². The van der Waals surface area contributed by atoms with Gasteiger partial charge in [0, 0.05) is 6.20 Å². The number of hydrogen-bond acceptors (Lipinski definition) is 7. The highest BCUT2D eigenvalue weighted by molar-refractivity contribution is 7.98. The molecule has 4 rings (SSSR count). The van der Waals surface area contributed by atoms with Gasteiger partial charge in [-0.2, -0.15) is 4.98 Å². The smallest absolute Gasteiger partial charge is 0.293 e. The minimum absolute atomic E-state index is 0.310. The average Bonchev–Trinajstić information content (AvgIpc) is 3.32. The van der Waals surface area contributed by atoms with Gasteiger partial charge < -0.3 is 13.7 Å². The highest BCUT2D eigenvalue weighted by Gasteiger charge is 2.18. The van der Waals surface area contributed by atoms with Crippen LogP contribution in [0.1, 0.15) is 0 Å². The summed E-state index contributed by atoms with van der Waals surface area (Å²) in [5, 5.41) is 4.81. The third-order valence-electron chi connectivity index (χ3n) is 3.39. The number of aromatic nitrogens is 3. The molecule has 3 heterocycles. The number of pyridine rings is 1. The summed E-state index contributed by atoms with van der Waals surface area (Å²) in [6.07, 6.45) is 3.59. The van der Waals surface area contributed by atoms with Crippen molar-refractivity contribution in [3.8, 4) is 34.7 Å². The van der Waals surface area contributed by atoms with Gasteiger partial charge in [-0.3, -0.25) is 0 Å². The van der Waals surface area contributed by atoms with E-state index in [0.717, 1.165) is 5.09 Å². The van der Waals surface area contributed by atoms with E-state index < -0.39 is 0 Å². The van der Waals surface area contributed by atoms with Crippen molar-refractivity contribution in [3.63, 3.8) is 0 Å². The number of rotatable bonds is 5. The number of thioether (sulfide) groups is 1. The van der Waals surface area contributed by atoms with Gasteiger partial charge >= 0.3 is 0 Å². The third-order valence-corrected chi connectivity index (χ3v) is 4.01. The molecule has 25 heavy (non-hydrogen) atoms. The molecule has 0 fully saturated rings. The molecule has 0 unspecified atom stereocenters. The predicted octanol–water partition coefficient (Wildman–Crippen LogP) is 4.91. The van der Waals surface area contributed by atoms with Gasteiger partial charge in [-0.05, 0) is 42.7 Å². The molecule has 4 aromatic rings. The molecule has 0 aliphatic heterocycles. The first kappa shape index (κ1) is 15.5. The second-order valence-corrected chi connectivity index (χ2v) is 5.83. The molecule has 0 N–H and O–H groups in total. The van der Waals surface area contributed by atoms with Crippen LogP contribution in [0.4, 0.5) is 0 Å². The number of hydrogen-bond donors (Lipinski definition) is 0. The van der Waals surface area contributed by atoms with Gasteiger partial charge in [0.15, 0.2) is 10.9 Å². The summed E-state index contributed by atoms with van der Waals surface area (Å²) in [5.74, 6) is 2.31. The van der Waals surface area contributed by atoms with E-state index in [-0.39, 0.29) is 0 Å². The maximum Gasteiger partial charge on any atom is 0.293 e. The maximum absolute atomic E-state index is 5.84. The first-order valence-corrected chi connectivity index (χ1v) is 8.72. The van der Waals surface area contributed by atoms with Crippen LogP contribution in [-0.2, 0) is 0 Å². The summed E-state index contributed by atoms with van der Waals surface area (Å²) in [6.45, 7) is 0. The van der Waals surface area contributed by atoms with Gasteiger partial charge in [0.2, 0.25) is 11.7 Å². The van der Waals surface area contributed by atoms with E-state index in [0.29, 0.717) is 34.7 Å². The van der Waals surface area contributed by atoms with Gasteiger partial charge in [-0.25, -0.2) is 4.98 Å². The summed E-state index contributed by atoms with van der Waals surface area (Å²) >= 11 is 1.50. The largest absolute Gasteiger partial charge is 0.445 e. The number of para-hydroxylation sites is 1. The van der Waals surface area contributed by atoms with Crippen LogP contribution < -0.4 is 4.74 Å². The van der Waals surface area contributed by atoms with Crippen LogP contribution in [0.15, 0.2) is 74.8 Å². The molecule has 124 valence electrons. The van der Waals surface area contributed by atoms with Crippen molar-refractivity contribution in [2.75, 3.05) is 6.26 Å². The zero-order chi connectivity index (χ0) is 17.1. The topological polar surface area (TPSA) is 74.2 Å². The molecule has 0 spiro atoms. The van der Waals surface area contributed by atoms with Crippen molar-refractivity contribution in [1.82, 2.24) is 15.1 Å². The fraction of sp³-hybridized carbons (Fsp3) is 0.0556. The maximum atomic E-state index is 5.84. The van der Waals surface area contributed by atoms with E-state index in [9.17, 15) is 0 Å². The molecular weight excluding hydrogens is 338 g/mol. The van der Waals surface area contributed by atoms with Crippen molar-refractivity contribution >= 4 is 11.8 Å². The van der Waals surface area contributed by atoms with E-state index in [4.69, 9.17) is 13.7 Å². The number of furan rings is 1. The minimum Gasteiger partial charge on any atom is -0.445 e. The van der Waals surface area contributed by atoms with E-state index in [1.165, 1.54) is 11.8 Å². The Hall–Kier alpha value is -3.06. The van der Waals surface area contributed by atoms with Crippen LogP contribution in [0.25, 0.3) is 23.0 Å². The lowest BCUT2D eigenvalue weighted by atomic mass is 10.2. The number of ether oxygens (including phenoxy) is 1. The van der Waals surface area contributed by atoms with Crippen LogP contribution in [-0.4, -0.2) is 21.4 Å². The molecular formula is C18H13N3O3S. The minimum atomic E-state index is 0.310. The molecule has 3 aromatic heterocycles. The fourth-order valence-corrected chi connectivity index (χ4v) is 2.60. The summed E-state index contributed by atoms with van der Waals surface area (Å²) in [6, 6.07) is 16.7. The second kappa shape index (κ2) is 6.82. The Morgan fingerprint density at radius 3 is 2.68 bits per heavy atom. The van der Waals surface area contributed by atoms with Crippen LogP contribution in [0.3, 0.4) is 0 Å². The van der Waals surface area contributed by atoms with Crippen LogP contribution in [0.5, 0.6) is 11.6 Å². The Balaban J connectivity index is 1.66. The molecule has 0 bridgehead atoms. The van der Waals surface area contributed by atoms with Gasteiger partial charge in [0.1, 0.15) is 5.75 Å². The van der Waals surface area contributed by atoms with Crippen LogP contribution in [0.2, 0.25) is 0 Å². The lowest BCUT2D eigenvalue weighted by molar-refractivity contribution is 0.403. The fourth-order valence-electron chi connectivity index (χ4n) is 2.22. The van der Waals surface area contributed by atoms with Crippen molar-refractivity contribution in [2.45, 2.75) is 5.09 Å². The molecule has 7 heteroatoms. The second-order valence-electron chi connectivity index (χ2n) is 5.02. The Morgan fingerprint density at radius 1 is 1.00 bits per heavy atom. The Labute approximate surface area is 147 Å². The van der Waals surface area contributed by atoms with Crippen molar-refractivity contribution < 1.29 is 13.7 Å². The summed E-state index contributed by atoms with van der Waals surface area (Å²) in [7, 11) is 0. The van der Waals surface area contributed by atoms with Gasteiger partial charge in [-0.15, -0.1) is 0 Å². The molecule has 0 amide bonds. The summed E-state index contributed by atoms with van der Waals surface area (Å²) in [4.78, 5) is 8.68. The standard InChI is InChI=1S/C18H13N3O3S/c1-25-15-10-9-14(23-15)18-20-16(21-24-18)13-8-5-11-19-17(13)22-12-6-3-2-4-7-12/h2-11H,1H3. The van der Waals surface area contributed by atoms with E-state index >= 15 is 0 Å². The SMILES string of the molecule is CSc1ccc(-c2nc(-c3cccnc3Oc3ccccc3)no2)o1. The lowest BCUT2D eigenvalue weighted by Gasteiger charge is -2.06. The van der Waals surface area contributed by atoms with Crippen molar-refractivity contribution in [1.29, 1.82) is 0 Å². The van der Waals surface area contributed by atoms with Gasteiger partial charge in [0.25, 0.3) is 5.89 Å². The van der Waals surface area contributed by atoms with Crippen LogP contribution >= 0.6 is 11.8 Å². The Kier molecular flexibility index (Phi) is 4.22. The summed E-state index contributed by atoms with van der Waals surface area (Å²) in [5.41, 5.74) is 0.637. The Bertz CT molecular complexity index is 982. The Morgan fingerprint density at radius 2 is 1.88 bits per heavy atom. The first-order valence-electron chi connectivity index (χ1n) is 7.49. The number of benzene rings is 1. The van der Waals surface area contributed by atoms with E-state index in [2.05, 4.69) is 15.1 Å². The third kappa shape index (κ3) is 3.27. The highest BCUT2D eigenvalue weighted by atomic mass is 32.2. The molecule has 0 aliphatic carbocycles. The molecule has 6 nitrogen and oxygen atoms in total. The molecule has 0 atom stereocenters. The number of nitrogens with zero attached hydrogens (tertiary/aromatic N) is 3. The highest BCUT2D eigenvalue weighted by Crippen LogP contribution is 2.32. The normalized spacial score (nSPS) is 10.8. The monoisotopic (exact) mass is 351 g/mol. The zero-order valence-corrected chi connectivity index (χ0v) is 14.1.